The van der Waals surface area contributed by atoms with E-state index < -0.39 is 0 Å². The van der Waals surface area contributed by atoms with Crippen LogP contribution in [0.2, 0.25) is 0 Å². The zero-order valence-corrected chi connectivity index (χ0v) is 13.3. The van der Waals surface area contributed by atoms with E-state index in [9.17, 15) is 0 Å². The number of nitrogen functional groups attached to an aromatic ring is 1. The van der Waals surface area contributed by atoms with Crippen LogP contribution in [0.3, 0.4) is 0 Å². The van der Waals surface area contributed by atoms with Crippen molar-refractivity contribution in [3.8, 4) is 5.75 Å². The molecule has 110 valence electrons. The molecule has 0 aliphatic rings. The molecule has 0 aliphatic heterocycles. The van der Waals surface area contributed by atoms with Gasteiger partial charge in [-0.1, -0.05) is 34.8 Å². The second-order valence-corrected chi connectivity index (χ2v) is 6.75. The van der Waals surface area contributed by atoms with Gasteiger partial charge in [0.2, 0.25) is 0 Å². The molecule has 4 aromatic rings. The molecule has 3 N–H and O–H groups in total. The lowest BCUT2D eigenvalue weighted by Gasteiger charge is -2.07. The van der Waals surface area contributed by atoms with Gasteiger partial charge in [-0.3, -0.25) is 0 Å². The average Bonchev–Trinajstić information content (AvgIpc) is 3.09. The van der Waals surface area contributed by atoms with Gasteiger partial charge in [0.25, 0.3) is 0 Å². The second kappa shape index (κ2) is 5.11. The normalized spacial score (nSPS) is 11.1. The highest BCUT2D eigenvalue weighted by molar-refractivity contribution is 7.23. The summed E-state index contributed by atoms with van der Waals surface area (Å²) in [6.45, 7) is 0. The third-order valence-corrected chi connectivity index (χ3v) is 5.07. The first-order valence-electron chi connectivity index (χ1n) is 6.60. The number of methoxy groups -OCH3 is 1. The smallest absolute Gasteiger partial charge is 0.188 e. The lowest BCUT2D eigenvalue weighted by atomic mass is 10.3. The zero-order chi connectivity index (χ0) is 15.1. The Morgan fingerprint density at radius 3 is 2.55 bits per heavy atom. The minimum Gasteiger partial charge on any atom is -0.495 e. The number of hydrogen-bond donors (Lipinski definition) is 2. The van der Waals surface area contributed by atoms with Gasteiger partial charge in [-0.25, -0.2) is 9.97 Å². The molecule has 0 saturated carbocycles. The third kappa shape index (κ3) is 2.15. The number of fused-ring (bicyclic) bond motifs is 3. The summed E-state index contributed by atoms with van der Waals surface area (Å²) < 4.78 is 7.49. The summed E-state index contributed by atoms with van der Waals surface area (Å²) in [5, 5.41) is 4.68. The van der Waals surface area contributed by atoms with Crippen molar-refractivity contribution in [3.05, 3.63) is 36.4 Å². The standard InChI is InChI=1S/C15H12N4OS2/c1-20-9-5-3-2-4-8(9)17-15-19-13-11(22-15)7-6-10-12(13)18-14(16)21-10/h2-7H,1H3,(H2,16,18)(H,17,19). The van der Waals surface area contributed by atoms with Crippen LogP contribution < -0.4 is 15.8 Å². The molecule has 0 spiro atoms. The van der Waals surface area contributed by atoms with E-state index in [1.54, 1.807) is 18.4 Å². The molecule has 0 saturated heterocycles. The monoisotopic (exact) mass is 328 g/mol. The van der Waals surface area contributed by atoms with E-state index in [-0.39, 0.29) is 0 Å². The maximum absolute atomic E-state index is 5.80. The van der Waals surface area contributed by atoms with Crippen molar-refractivity contribution < 1.29 is 4.74 Å². The summed E-state index contributed by atoms with van der Waals surface area (Å²) in [6.07, 6.45) is 0. The van der Waals surface area contributed by atoms with E-state index in [1.165, 1.54) is 11.3 Å². The van der Waals surface area contributed by atoms with Gasteiger partial charge in [-0.2, -0.15) is 0 Å². The SMILES string of the molecule is COc1ccccc1Nc1nc2c(ccc3sc(N)nc32)s1. The third-order valence-electron chi connectivity index (χ3n) is 3.28. The van der Waals surface area contributed by atoms with Crippen molar-refractivity contribution in [2.45, 2.75) is 0 Å². The van der Waals surface area contributed by atoms with Crippen LogP contribution in [0.1, 0.15) is 0 Å². The number of anilines is 3. The van der Waals surface area contributed by atoms with E-state index in [1.807, 2.05) is 30.3 Å². The Bertz CT molecular complexity index is 976. The lowest BCUT2D eigenvalue weighted by Crippen LogP contribution is -1.93. The Labute approximate surface area is 134 Å². The fourth-order valence-corrected chi connectivity index (χ4v) is 3.93. The van der Waals surface area contributed by atoms with Gasteiger partial charge < -0.3 is 15.8 Å². The molecule has 0 radical (unpaired) electrons. The Kier molecular flexibility index (Phi) is 3.09. The molecular weight excluding hydrogens is 316 g/mol. The number of rotatable bonds is 3. The topological polar surface area (TPSA) is 73.1 Å². The van der Waals surface area contributed by atoms with Crippen molar-refractivity contribution in [1.29, 1.82) is 0 Å². The predicted molar refractivity (Wildman–Crippen MR) is 93.5 cm³/mol. The van der Waals surface area contributed by atoms with E-state index in [0.29, 0.717) is 5.13 Å². The highest BCUT2D eigenvalue weighted by Crippen LogP contribution is 2.36. The number of nitrogens with one attached hydrogen (secondary N) is 1. The van der Waals surface area contributed by atoms with Crippen LogP contribution in [0.5, 0.6) is 5.75 Å². The first-order chi connectivity index (χ1) is 10.7. The molecule has 0 atom stereocenters. The van der Waals surface area contributed by atoms with Gasteiger partial charge >= 0.3 is 0 Å². The zero-order valence-electron chi connectivity index (χ0n) is 11.7. The Morgan fingerprint density at radius 2 is 1.73 bits per heavy atom. The predicted octanol–water partition coefficient (Wildman–Crippen LogP) is 4.24. The molecular formula is C15H12N4OS2. The van der Waals surface area contributed by atoms with Crippen molar-refractivity contribution in [2.75, 3.05) is 18.2 Å². The van der Waals surface area contributed by atoms with Crippen LogP contribution in [-0.2, 0) is 0 Å². The maximum atomic E-state index is 5.80. The van der Waals surface area contributed by atoms with E-state index in [0.717, 1.165) is 37.0 Å². The Hall–Kier alpha value is -2.38. The molecule has 2 aromatic heterocycles. The van der Waals surface area contributed by atoms with Gasteiger partial charge in [-0.05, 0) is 24.3 Å². The first-order valence-corrected chi connectivity index (χ1v) is 8.23. The van der Waals surface area contributed by atoms with Crippen LogP contribution >= 0.6 is 22.7 Å². The van der Waals surface area contributed by atoms with Gasteiger partial charge in [-0.15, -0.1) is 0 Å². The number of aromatic nitrogens is 2. The van der Waals surface area contributed by atoms with Gasteiger partial charge in [0.1, 0.15) is 16.8 Å². The number of thiazole rings is 2. The molecule has 7 heteroatoms. The largest absolute Gasteiger partial charge is 0.495 e. The average molecular weight is 328 g/mol. The molecule has 0 fully saturated rings. The number of ether oxygens (including phenoxy) is 1. The number of hydrogen-bond acceptors (Lipinski definition) is 7. The van der Waals surface area contributed by atoms with Crippen LogP contribution in [0.25, 0.3) is 20.4 Å². The lowest BCUT2D eigenvalue weighted by molar-refractivity contribution is 0.417. The van der Waals surface area contributed by atoms with E-state index >= 15 is 0 Å². The molecule has 0 aliphatic carbocycles. The molecule has 0 unspecified atom stereocenters. The summed E-state index contributed by atoms with van der Waals surface area (Å²) in [5.41, 5.74) is 8.44. The van der Waals surface area contributed by atoms with Crippen LogP contribution in [0.15, 0.2) is 36.4 Å². The summed E-state index contributed by atoms with van der Waals surface area (Å²) in [5.74, 6) is 0.782. The quantitative estimate of drug-likeness (QED) is 0.588. The van der Waals surface area contributed by atoms with Gasteiger partial charge in [0.15, 0.2) is 10.3 Å². The maximum Gasteiger partial charge on any atom is 0.188 e. The van der Waals surface area contributed by atoms with Crippen molar-refractivity contribution >= 4 is 59.1 Å². The van der Waals surface area contributed by atoms with Gasteiger partial charge in [0, 0.05) is 0 Å². The highest BCUT2D eigenvalue weighted by Gasteiger charge is 2.12. The molecule has 2 heterocycles. The Balaban J connectivity index is 1.81. The second-order valence-electron chi connectivity index (χ2n) is 4.66. The van der Waals surface area contributed by atoms with Crippen LogP contribution in [-0.4, -0.2) is 17.1 Å². The number of nitrogens with two attached hydrogens (primary N) is 1. The number of nitrogens with zero attached hydrogens (tertiary/aromatic N) is 2. The van der Waals surface area contributed by atoms with Gasteiger partial charge in [0.05, 0.1) is 22.2 Å². The Morgan fingerprint density at radius 1 is 1.00 bits per heavy atom. The summed E-state index contributed by atoms with van der Waals surface area (Å²) in [7, 11) is 1.65. The molecule has 22 heavy (non-hydrogen) atoms. The first kappa shape index (κ1) is 13.3. The summed E-state index contributed by atoms with van der Waals surface area (Å²) in [4.78, 5) is 9.05. The van der Waals surface area contributed by atoms with Crippen LogP contribution in [0.4, 0.5) is 16.0 Å². The summed E-state index contributed by atoms with van der Waals surface area (Å²) in [6, 6.07) is 11.9. The highest BCUT2D eigenvalue weighted by atomic mass is 32.1. The molecule has 5 nitrogen and oxygen atoms in total. The fraction of sp³-hybridized carbons (Fsp3) is 0.0667. The molecule has 4 rings (SSSR count). The van der Waals surface area contributed by atoms with Crippen LogP contribution in [0, 0.1) is 0 Å². The van der Waals surface area contributed by atoms with E-state index in [2.05, 4.69) is 21.4 Å². The minimum atomic E-state index is 0.565. The number of para-hydroxylation sites is 2. The molecule has 0 amide bonds. The van der Waals surface area contributed by atoms with Crippen molar-refractivity contribution in [2.24, 2.45) is 0 Å². The van der Waals surface area contributed by atoms with Crippen molar-refractivity contribution in [1.82, 2.24) is 9.97 Å². The van der Waals surface area contributed by atoms with E-state index in [4.69, 9.17) is 10.5 Å². The minimum absolute atomic E-state index is 0.565. The molecule has 0 bridgehead atoms. The number of benzene rings is 2. The van der Waals surface area contributed by atoms with Crippen molar-refractivity contribution in [3.63, 3.8) is 0 Å². The molecule has 2 aromatic carbocycles. The summed E-state index contributed by atoms with van der Waals surface area (Å²) >= 11 is 3.06. The fourth-order valence-electron chi connectivity index (χ4n) is 2.31.